The van der Waals surface area contributed by atoms with Gasteiger partial charge in [0.15, 0.2) is 6.10 Å². The van der Waals surface area contributed by atoms with Gasteiger partial charge in [-0.3, -0.25) is 9.59 Å². The lowest BCUT2D eigenvalue weighted by Crippen LogP contribution is -2.25. The highest BCUT2D eigenvalue weighted by Crippen LogP contribution is 2.31. The van der Waals surface area contributed by atoms with Crippen molar-refractivity contribution in [3.63, 3.8) is 0 Å². The van der Waals surface area contributed by atoms with Gasteiger partial charge >= 0.3 is 11.9 Å². The Morgan fingerprint density at radius 2 is 1.90 bits per heavy atom. The number of benzene rings is 1. The van der Waals surface area contributed by atoms with Crippen molar-refractivity contribution in [3.05, 3.63) is 46.3 Å². The molecule has 0 saturated carbocycles. The summed E-state index contributed by atoms with van der Waals surface area (Å²) >= 11 is 1.53. The number of carbonyl (C=O) groups is 4. The summed E-state index contributed by atoms with van der Waals surface area (Å²) < 4.78 is 10.1. The normalized spacial score (nSPS) is 14.2. The summed E-state index contributed by atoms with van der Waals surface area (Å²) in [4.78, 5) is 52.8. The zero-order chi connectivity index (χ0) is 22.0. The van der Waals surface area contributed by atoms with E-state index in [1.165, 1.54) is 25.8 Å². The molecule has 2 N–H and O–H groups in total. The summed E-state index contributed by atoms with van der Waals surface area (Å²) in [5.41, 5.74) is 2.20. The number of rotatable bonds is 5. The molecule has 0 saturated heterocycles. The summed E-state index contributed by atoms with van der Waals surface area (Å²) in [6.45, 7) is 4.76. The molecule has 0 radical (unpaired) electrons. The number of Topliss-reactive ketones (excluding diaryl/α,β-unsaturated/α-hetero) is 1. The molecule has 0 bridgehead atoms. The second-order valence-electron chi connectivity index (χ2n) is 6.89. The zero-order valence-corrected chi connectivity index (χ0v) is 17.9. The van der Waals surface area contributed by atoms with Crippen LogP contribution in [0.5, 0.6) is 0 Å². The Morgan fingerprint density at radius 1 is 1.17 bits per heavy atom. The number of esters is 2. The van der Waals surface area contributed by atoms with Gasteiger partial charge in [-0.2, -0.15) is 0 Å². The van der Waals surface area contributed by atoms with Crippen molar-refractivity contribution >= 4 is 41.1 Å². The zero-order valence-electron chi connectivity index (χ0n) is 17.1. The molecule has 1 aliphatic rings. The van der Waals surface area contributed by atoms with Gasteiger partial charge < -0.3 is 19.8 Å². The van der Waals surface area contributed by atoms with Crippen LogP contribution < -0.4 is 5.32 Å². The number of amides is 1. The summed E-state index contributed by atoms with van der Waals surface area (Å²) in [6.07, 6.45) is -0.685. The Labute approximate surface area is 177 Å². The third kappa shape index (κ3) is 4.25. The lowest BCUT2D eigenvalue weighted by atomic mass is 10.1. The third-order valence-electron chi connectivity index (χ3n) is 4.80. The average Bonchev–Trinajstić information content (AvgIpc) is 2.88. The minimum atomic E-state index is -1.08. The first kappa shape index (κ1) is 21.6. The van der Waals surface area contributed by atoms with Crippen molar-refractivity contribution in [2.24, 2.45) is 0 Å². The van der Waals surface area contributed by atoms with E-state index in [-0.39, 0.29) is 17.2 Å². The molecule has 3 rings (SSSR count). The number of nitrogens with one attached hydrogen (secondary N) is 2. The molecule has 0 fully saturated rings. The number of hydrogen-bond acceptors (Lipinski definition) is 7. The van der Waals surface area contributed by atoms with Crippen LogP contribution in [0.4, 0.5) is 5.69 Å². The van der Waals surface area contributed by atoms with Crippen LogP contribution in [-0.2, 0) is 14.3 Å². The van der Waals surface area contributed by atoms with Gasteiger partial charge in [-0.05, 0) is 44.5 Å². The van der Waals surface area contributed by atoms with Crippen molar-refractivity contribution in [3.8, 4) is 0 Å². The van der Waals surface area contributed by atoms with Crippen molar-refractivity contribution in [1.82, 2.24) is 4.98 Å². The number of thioether (sulfide) groups is 1. The summed E-state index contributed by atoms with van der Waals surface area (Å²) in [5.74, 6) is -1.14. The largest absolute Gasteiger partial charge is 0.465 e. The first-order chi connectivity index (χ1) is 14.2. The Hall–Kier alpha value is -3.07. The number of H-pyrrole nitrogens is 1. The van der Waals surface area contributed by atoms with E-state index < -0.39 is 23.8 Å². The monoisotopic (exact) mass is 430 g/mol. The van der Waals surface area contributed by atoms with Gasteiger partial charge in [0.2, 0.25) is 11.7 Å². The SMILES string of the molecule is COC(=O)c1c(C)[nH]c(C(=O)C(C)OC(=O)c2ccc3c(c2)NC(=O)CCS3)c1C. The van der Waals surface area contributed by atoms with Crippen molar-refractivity contribution in [1.29, 1.82) is 0 Å². The number of anilines is 1. The molecule has 2 aromatic rings. The molecular formula is C21H22N2O6S. The first-order valence-corrected chi connectivity index (χ1v) is 10.3. The number of carbonyl (C=O) groups excluding carboxylic acids is 4. The molecule has 1 unspecified atom stereocenters. The van der Waals surface area contributed by atoms with Crippen molar-refractivity contribution in [2.75, 3.05) is 18.2 Å². The van der Waals surface area contributed by atoms with E-state index in [0.717, 1.165) is 4.90 Å². The molecule has 158 valence electrons. The van der Waals surface area contributed by atoms with Crippen molar-refractivity contribution in [2.45, 2.75) is 38.2 Å². The molecular weight excluding hydrogens is 408 g/mol. The standard InChI is InChI=1S/C21H22N2O6S/c1-10-17(21(27)28-4)11(2)22-18(10)19(25)12(3)29-20(26)13-5-6-15-14(9-13)23-16(24)7-8-30-15/h5-6,9,12,22H,7-8H2,1-4H3,(H,23,24). The fraction of sp³-hybridized carbons (Fsp3) is 0.333. The van der Waals surface area contributed by atoms with Gasteiger partial charge in [0.1, 0.15) is 0 Å². The third-order valence-corrected chi connectivity index (χ3v) is 5.88. The van der Waals surface area contributed by atoms with Gasteiger partial charge in [-0.1, -0.05) is 0 Å². The highest BCUT2D eigenvalue weighted by atomic mass is 32.2. The summed E-state index contributed by atoms with van der Waals surface area (Å²) in [5, 5.41) is 2.77. The molecule has 1 amide bonds. The summed E-state index contributed by atoms with van der Waals surface area (Å²) in [7, 11) is 1.27. The molecule has 1 aromatic carbocycles. The van der Waals surface area contributed by atoms with E-state index in [9.17, 15) is 19.2 Å². The summed E-state index contributed by atoms with van der Waals surface area (Å²) in [6, 6.07) is 4.89. The van der Waals surface area contributed by atoms with E-state index in [1.54, 1.807) is 32.0 Å². The van der Waals surface area contributed by atoms with Crippen LogP contribution in [0.15, 0.2) is 23.1 Å². The molecule has 8 nitrogen and oxygen atoms in total. The maximum Gasteiger partial charge on any atom is 0.339 e. The smallest absolute Gasteiger partial charge is 0.339 e. The van der Waals surface area contributed by atoms with Crippen LogP contribution in [0.2, 0.25) is 0 Å². The van der Waals surface area contributed by atoms with Crippen LogP contribution in [0, 0.1) is 13.8 Å². The van der Waals surface area contributed by atoms with Crippen LogP contribution in [0.3, 0.4) is 0 Å². The quantitative estimate of drug-likeness (QED) is 0.553. The highest BCUT2D eigenvalue weighted by molar-refractivity contribution is 7.99. The van der Waals surface area contributed by atoms with E-state index in [0.29, 0.717) is 34.7 Å². The molecule has 0 spiro atoms. The Balaban J connectivity index is 1.77. The lowest BCUT2D eigenvalue weighted by Gasteiger charge is -2.13. The second kappa shape index (κ2) is 8.74. The number of aromatic nitrogens is 1. The van der Waals surface area contributed by atoms with Gasteiger partial charge in [0.05, 0.1) is 29.6 Å². The van der Waals surface area contributed by atoms with Crippen LogP contribution in [0.25, 0.3) is 0 Å². The first-order valence-electron chi connectivity index (χ1n) is 9.32. The van der Waals surface area contributed by atoms with Gasteiger partial charge in [0, 0.05) is 22.8 Å². The van der Waals surface area contributed by atoms with Gasteiger partial charge in [-0.25, -0.2) is 9.59 Å². The molecule has 9 heteroatoms. The van der Waals surface area contributed by atoms with E-state index in [1.807, 2.05) is 0 Å². The fourth-order valence-electron chi connectivity index (χ4n) is 3.24. The molecule has 1 aromatic heterocycles. The van der Waals surface area contributed by atoms with E-state index >= 15 is 0 Å². The minimum absolute atomic E-state index is 0.116. The molecule has 1 aliphatic heterocycles. The maximum atomic E-state index is 12.8. The lowest BCUT2D eigenvalue weighted by molar-refractivity contribution is -0.115. The number of aryl methyl sites for hydroxylation is 1. The number of fused-ring (bicyclic) bond motifs is 1. The number of methoxy groups -OCH3 is 1. The molecule has 30 heavy (non-hydrogen) atoms. The predicted molar refractivity (Wildman–Crippen MR) is 111 cm³/mol. The fourth-order valence-corrected chi connectivity index (χ4v) is 4.17. The van der Waals surface area contributed by atoms with Gasteiger partial charge in [-0.15, -0.1) is 11.8 Å². The number of aromatic amines is 1. The minimum Gasteiger partial charge on any atom is -0.465 e. The highest BCUT2D eigenvalue weighted by Gasteiger charge is 2.28. The maximum absolute atomic E-state index is 12.8. The predicted octanol–water partition coefficient (Wildman–Crippen LogP) is 3.28. The molecule has 1 atom stereocenters. The Kier molecular flexibility index (Phi) is 6.31. The Bertz CT molecular complexity index is 1040. The van der Waals surface area contributed by atoms with Crippen molar-refractivity contribution < 1.29 is 28.7 Å². The molecule has 0 aliphatic carbocycles. The number of ketones is 1. The second-order valence-corrected chi connectivity index (χ2v) is 8.02. The number of ether oxygens (including phenoxy) is 2. The van der Waals surface area contributed by atoms with Crippen LogP contribution in [0.1, 0.15) is 55.8 Å². The van der Waals surface area contributed by atoms with E-state index in [2.05, 4.69) is 10.3 Å². The average molecular weight is 430 g/mol. The Morgan fingerprint density at radius 3 is 2.60 bits per heavy atom. The van der Waals surface area contributed by atoms with E-state index in [4.69, 9.17) is 9.47 Å². The molecule has 2 heterocycles. The van der Waals surface area contributed by atoms with Crippen LogP contribution >= 0.6 is 11.8 Å². The van der Waals surface area contributed by atoms with Gasteiger partial charge in [0.25, 0.3) is 0 Å². The van der Waals surface area contributed by atoms with Crippen LogP contribution in [-0.4, -0.2) is 47.6 Å². The topological polar surface area (TPSA) is 115 Å². The number of hydrogen-bond donors (Lipinski definition) is 2.